The van der Waals surface area contributed by atoms with Crippen molar-refractivity contribution >= 4 is 24.3 Å². The van der Waals surface area contributed by atoms with Gasteiger partial charge in [-0.3, -0.25) is 14.6 Å². The third-order valence-corrected chi connectivity index (χ3v) is 7.04. The van der Waals surface area contributed by atoms with Crippen LogP contribution < -0.4 is 10.9 Å². The Hall–Kier alpha value is -2.94. The normalized spacial score (nSPS) is 10.8. The van der Waals surface area contributed by atoms with Crippen molar-refractivity contribution in [3.63, 3.8) is 0 Å². The molecule has 2 aromatic rings. The van der Waals surface area contributed by atoms with E-state index in [1.54, 1.807) is 0 Å². The minimum Gasteiger partial charge on any atom is -0.464 e. The lowest BCUT2D eigenvalue weighted by molar-refractivity contribution is -0.142. The number of hydrogen-bond acceptors (Lipinski definition) is 6. The van der Waals surface area contributed by atoms with Gasteiger partial charge in [-0.25, -0.2) is 4.79 Å². The van der Waals surface area contributed by atoms with E-state index in [4.69, 9.17) is 21.7 Å². The number of amides is 1. The summed E-state index contributed by atoms with van der Waals surface area (Å²) in [6.45, 7) is 2.28. The predicted molar refractivity (Wildman–Crippen MR) is 161 cm³/mol. The van der Waals surface area contributed by atoms with E-state index >= 15 is 0 Å². The van der Waals surface area contributed by atoms with Crippen LogP contribution in [0.1, 0.15) is 107 Å². The molecule has 3 N–H and O–H groups in total. The van der Waals surface area contributed by atoms with Gasteiger partial charge in [-0.05, 0) is 43.5 Å². The molecule has 9 heteroatoms. The van der Waals surface area contributed by atoms with Gasteiger partial charge in [0.1, 0.15) is 13.2 Å². The summed E-state index contributed by atoms with van der Waals surface area (Å²) in [7, 11) is 0. The molecular formula is C31H47N3O5S. The molecule has 0 fully saturated rings. The Kier molecular flexibility index (Phi) is 17.4. The number of benzene rings is 1. The highest BCUT2D eigenvalue weighted by Gasteiger charge is 2.11. The molecule has 0 saturated heterocycles. The Balaban J connectivity index is 1.60. The van der Waals surface area contributed by atoms with E-state index in [-0.39, 0.29) is 25.3 Å². The number of ether oxygens (including phenoxy) is 2. The number of aromatic nitrogens is 2. The highest BCUT2D eigenvalue weighted by atomic mass is 32.1. The van der Waals surface area contributed by atoms with Crippen LogP contribution in [0.2, 0.25) is 0 Å². The van der Waals surface area contributed by atoms with E-state index in [0.29, 0.717) is 24.0 Å². The number of aromatic amines is 2. The molecule has 0 unspecified atom stereocenters. The lowest BCUT2D eigenvalue weighted by Crippen LogP contribution is -2.31. The van der Waals surface area contributed by atoms with Gasteiger partial charge in [0.2, 0.25) is 0 Å². The topological polar surface area (TPSA) is 113 Å². The first-order chi connectivity index (χ1) is 19.5. The van der Waals surface area contributed by atoms with Gasteiger partial charge < -0.3 is 19.8 Å². The van der Waals surface area contributed by atoms with Crippen LogP contribution in [0.5, 0.6) is 0 Å². The van der Waals surface area contributed by atoms with Crippen molar-refractivity contribution in [3.05, 3.63) is 62.3 Å². The molecule has 0 aliphatic rings. The summed E-state index contributed by atoms with van der Waals surface area (Å²) in [5, 5.41) is 2.39. The Labute approximate surface area is 243 Å². The van der Waals surface area contributed by atoms with Crippen LogP contribution in [0.25, 0.3) is 0 Å². The molecule has 8 nitrogen and oxygen atoms in total. The number of unbranched alkanes of at least 4 members (excludes halogenated alkanes) is 11. The number of carbonyl (C=O) groups is 2. The largest absolute Gasteiger partial charge is 0.464 e. The summed E-state index contributed by atoms with van der Waals surface area (Å²) >= 11 is 5.16. The number of aryl methyl sites for hydroxylation is 1. The highest BCUT2D eigenvalue weighted by molar-refractivity contribution is 7.71. The second kappa shape index (κ2) is 20.9. The first-order valence-corrected chi connectivity index (χ1v) is 15.3. The highest BCUT2D eigenvalue weighted by Crippen LogP contribution is 2.14. The zero-order valence-electron chi connectivity index (χ0n) is 24.1. The SMILES string of the molecule is CCCCCCCCCCCCCCc1c(CCCOC(=O)CNC(=O)OCc2ccccc2)[nH]c(=S)[nH]c1=O. The number of alkyl carbamates (subject to hydrolysis) is 1. The standard InChI is InChI=1S/C31H47N3O5S/c1-2-3-4-5-6-7-8-9-10-11-12-16-20-26-27(33-30(40)34-29(26)36)21-17-22-38-28(35)23-32-31(37)39-24-25-18-14-13-15-19-25/h13-15,18-19H,2-12,16-17,20-24H2,1H3,(H,32,37)(H2,33,34,36,40). The molecule has 0 aliphatic heterocycles. The quantitative estimate of drug-likeness (QED) is 0.0836. The molecule has 0 radical (unpaired) electrons. The molecule has 1 aromatic heterocycles. The number of H-pyrrole nitrogens is 2. The van der Waals surface area contributed by atoms with Crippen molar-refractivity contribution in [1.29, 1.82) is 0 Å². The van der Waals surface area contributed by atoms with Gasteiger partial charge in [-0.2, -0.15) is 0 Å². The van der Waals surface area contributed by atoms with Crippen molar-refractivity contribution in [2.75, 3.05) is 13.2 Å². The maximum atomic E-state index is 12.5. The molecule has 0 spiro atoms. The fourth-order valence-corrected chi connectivity index (χ4v) is 4.80. The van der Waals surface area contributed by atoms with Crippen LogP contribution in [0.15, 0.2) is 35.1 Å². The summed E-state index contributed by atoms with van der Waals surface area (Å²) in [6.07, 6.45) is 16.3. The molecule has 1 aromatic carbocycles. The minimum absolute atomic E-state index is 0.126. The maximum Gasteiger partial charge on any atom is 0.407 e. The summed E-state index contributed by atoms with van der Waals surface area (Å²) in [5.41, 5.74) is 2.25. The Morgan fingerprint density at radius 2 is 1.43 bits per heavy atom. The average Bonchev–Trinajstić information content (AvgIpc) is 2.95. The first-order valence-electron chi connectivity index (χ1n) is 14.9. The van der Waals surface area contributed by atoms with Gasteiger partial charge in [-0.1, -0.05) is 108 Å². The van der Waals surface area contributed by atoms with E-state index in [1.807, 2.05) is 30.3 Å². The Bertz CT molecular complexity index is 1100. The third-order valence-electron chi connectivity index (χ3n) is 6.83. The first kappa shape index (κ1) is 33.3. The maximum absolute atomic E-state index is 12.5. The number of hydrogen-bond donors (Lipinski definition) is 3. The van der Waals surface area contributed by atoms with E-state index in [0.717, 1.165) is 29.7 Å². The van der Waals surface area contributed by atoms with Gasteiger partial charge in [0.25, 0.3) is 5.56 Å². The van der Waals surface area contributed by atoms with Crippen molar-refractivity contribution in [2.45, 2.75) is 110 Å². The van der Waals surface area contributed by atoms with Crippen LogP contribution in [0.4, 0.5) is 4.79 Å². The number of nitrogens with one attached hydrogen (secondary N) is 3. The fourth-order valence-electron chi connectivity index (χ4n) is 4.58. The molecule has 0 saturated carbocycles. The van der Waals surface area contributed by atoms with Crippen molar-refractivity contribution in [3.8, 4) is 0 Å². The second-order valence-corrected chi connectivity index (χ2v) is 10.7. The molecule has 40 heavy (non-hydrogen) atoms. The Morgan fingerprint density at radius 3 is 2.08 bits per heavy atom. The van der Waals surface area contributed by atoms with Crippen molar-refractivity contribution in [1.82, 2.24) is 15.3 Å². The van der Waals surface area contributed by atoms with Crippen LogP contribution in [0.3, 0.4) is 0 Å². The van der Waals surface area contributed by atoms with E-state index in [9.17, 15) is 14.4 Å². The third kappa shape index (κ3) is 15.0. The fraction of sp³-hybridized carbons (Fsp3) is 0.613. The minimum atomic E-state index is -0.681. The zero-order valence-corrected chi connectivity index (χ0v) is 24.9. The molecule has 2 rings (SSSR count). The molecule has 1 heterocycles. The molecule has 0 atom stereocenters. The molecule has 0 bridgehead atoms. The van der Waals surface area contributed by atoms with Gasteiger partial charge in [-0.15, -0.1) is 0 Å². The van der Waals surface area contributed by atoms with Crippen LogP contribution in [-0.4, -0.2) is 35.2 Å². The second-order valence-electron chi connectivity index (χ2n) is 10.2. The van der Waals surface area contributed by atoms with Crippen LogP contribution >= 0.6 is 12.2 Å². The Morgan fingerprint density at radius 1 is 0.800 bits per heavy atom. The van der Waals surface area contributed by atoms with E-state index < -0.39 is 12.1 Å². The lowest BCUT2D eigenvalue weighted by atomic mass is 10.0. The van der Waals surface area contributed by atoms with E-state index in [2.05, 4.69) is 22.2 Å². The van der Waals surface area contributed by atoms with Crippen molar-refractivity contribution in [2.24, 2.45) is 0 Å². The van der Waals surface area contributed by atoms with Crippen LogP contribution in [0, 0.1) is 4.77 Å². The molecule has 1 amide bonds. The summed E-state index contributed by atoms with van der Waals surface area (Å²) < 4.78 is 10.6. The zero-order chi connectivity index (χ0) is 28.8. The summed E-state index contributed by atoms with van der Waals surface area (Å²) in [4.78, 5) is 42.1. The number of esters is 1. The number of carbonyl (C=O) groups excluding carboxylic acids is 2. The summed E-state index contributed by atoms with van der Waals surface area (Å²) in [6, 6.07) is 9.28. The number of rotatable bonds is 21. The van der Waals surface area contributed by atoms with Crippen LogP contribution in [-0.2, 0) is 33.7 Å². The smallest absolute Gasteiger partial charge is 0.407 e. The monoisotopic (exact) mass is 573 g/mol. The average molecular weight is 574 g/mol. The van der Waals surface area contributed by atoms with E-state index in [1.165, 1.54) is 64.2 Å². The molecule has 0 aliphatic carbocycles. The molecular weight excluding hydrogens is 526 g/mol. The van der Waals surface area contributed by atoms with Gasteiger partial charge in [0.15, 0.2) is 4.77 Å². The predicted octanol–water partition coefficient (Wildman–Crippen LogP) is 7.08. The van der Waals surface area contributed by atoms with Gasteiger partial charge >= 0.3 is 12.1 Å². The molecule has 222 valence electrons. The lowest BCUT2D eigenvalue weighted by Gasteiger charge is -2.10. The van der Waals surface area contributed by atoms with Gasteiger partial charge in [0.05, 0.1) is 6.61 Å². The van der Waals surface area contributed by atoms with Gasteiger partial charge in [0, 0.05) is 11.3 Å². The van der Waals surface area contributed by atoms with Crippen molar-refractivity contribution < 1.29 is 19.1 Å². The summed E-state index contributed by atoms with van der Waals surface area (Å²) in [5.74, 6) is -0.549.